The largest absolute Gasteiger partial charge is 0.255 e. The van der Waals surface area contributed by atoms with E-state index in [1.54, 1.807) is 42.6 Å². The van der Waals surface area contributed by atoms with Crippen LogP contribution in [-0.2, 0) is 10.0 Å². The van der Waals surface area contributed by atoms with Gasteiger partial charge in [-0.2, -0.15) is 9.57 Å². The first-order chi connectivity index (χ1) is 11.9. The van der Waals surface area contributed by atoms with Crippen LogP contribution in [0.1, 0.15) is 30.5 Å². The van der Waals surface area contributed by atoms with Crippen molar-refractivity contribution in [1.82, 2.24) is 4.31 Å². The molecule has 0 fully saturated rings. The van der Waals surface area contributed by atoms with Gasteiger partial charge in [-0.05, 0) is 42.3 Å². The maximum absolute atomic E-state index is 12.9. The van der Waals surface area contributed by atoms with Crippen LogP contribution in [0.3, 0.4) is 0 Å². The monoisotopic (exact) mass is 355 g/mol. The van der Waals surface area contributed by atoms with Crippen molar-refractivity contribution in [3.8, 4) is 6.07 Å². The van der Waals surface area contributed by atoms with E-state index in [1.807, 2.05) is 26.8 Å². The summed E-state index contributed by atoms with van der Waals surface area (Å²) in [5.74, 6) is 0. The molecular weight excluding hydrogens is 334 g/mol. The lowest BCUT2D eigenvalue weighted by Crippen LogP contribution is -2.30. The molecule has 0 spiro atoms. The lowest BCUT2D eigenvalue weighted by atomic mass is 10.1. The summed E-state index contributed by atoms with van der Waals surface area (Å²) in [4.78, 5) is 4.59. The number of hydrogen-bond acceptors (Lipinski definition) is 4. The van der Waals surface area contributed by atoms with Crippen LogP contribution in [0.4, 0.5) is 5.69 Å². The van der Waals surface area contributed by atoms with Crippen LogP contribution in [0.15, 0.2) is 52.4 Å². The van der Waals surface area contributed by atoms with E-state index in [1.165, 1.54) is 4.31 Å². The fraction of sp³-hybridized carbons (Fsp3) is 0.263. The summed E-state index contributed by atoms with van der Waals surface area (Å²) in [5.41, 5.74) is 2.63. The van der Waals surface area contributed by atoms with Crippen LogP contribution in [0.2, 0.25) is 0 Å². The van der Waals surface area contributed by atoms with Gasteiger partial charge in [-0.25, -0.2) is 8.42 Å². The summed E-state index contributed by atoms with van der Waals surface area (Å²) in [5, 5.41) is 8.83. The van der Waals surface area contributed by atoms with Crippen molar-refractivity contribution >= 4 is 21.9 Å². The lowest BCUT2D eigenvalue weighted by molar-refractivity contribution is 0.445. The van der Waals surface area contributed by atoms with Crippen molar-refractivity contribution in [2.45, 2.75) is 25.7 Å². The molecule has 0 aliphatic carbocycles. The third-order valence-corrected chi connectivity index (χ3v) is 5.91. The fourth-order valence-corrected chi connectivity index (χ4v) is 4.10. The van der Waals surface area contributed by atoms with E-state index >= 15 is 0 Å². The molecule has 0 bridgehead atoms. The third-order valence-electron chi connectivity index (χ3n) is 3.83. The molecule has 0 heterocycles. The summed E-state index contributed by atoms with van der Waals surface area (Å²) < 4.78 is 27.2. The summed E-state index contributed by atoms with van der Waals surface area (Å²) in [6.07, 6.45) is 1.60. The zero-order valence-electron chi connectivity index (χ0n) is 14.6. The Labute approximate surface area is 149 Å². The Kier molecular flexibility index (Phi) is 6.07. The van der Waals surface area contributed by atoms with Crippen LogP contribution in [0.5, 0.6) is 0 Å². The predicted octanol–water partition coefficient (Wildman–Crippen LogP) is 3.65. The standard InChI is InChI=1S/C19H21N3O2S/c1-4-22(5-2)25(23,24)19-12-15(3)6-11-18(19)21-14-17-9-7-16(13-20)8-10-17/h6-12,14H,4-5H2,1-3H3. The molecule has 0 aromatic heterocycles. The van der Waals surface area contributed by atoms with Gasteiger partial charge in [-0.3, -0.25) is 4.99 Å². The minimum Gasteiger partial charge on any atom is -0.255 e. The highest BCUT2D eigenvalue weighted by atomic mass is 32.2. The van der Waals surface area contributed by atoms with E-state index < -0.39 is 10.0 Å². The van der Waals surface area contributed by atoms with Gasteiger partial charge >= 0.3 is 0 Å². The molecular formula is C19H21N3O2S. The number of aliphatic imine (C=N–C) groups is 1. The average molecular weight is 355 g/mol. The number of aryl methyl sites for hydroxylation is 1. The van der Waals surface area contributed by atoms with Gasteiger partial charge in [-0.1, -0.05) is 32.0 Å². The van der Waals surface area contributed by atoms with E-state index in [9.17, 15) is 8.42 Å². The molecule has 6 heteroatoms. The van der Waals surface area contributed by atoms with Crippen molar-refractivity contribution in [2.24, 2.45) is 4.99 Å². The molecule has 0 saturated heterocycles. The Morgan fingerprint density at radius 3 is 2.32 bits per heavy atom. The Hall–Kier alpha value is -2.49. The lowest BCUT2D eigenvalue weighted by Gasteiger charge is -2.19. The molecule has 0 amide bonds. The molecule has 5 nitrogen and oxygen atoms in total. The number of rotatable bonds is 6. The molecule has 0 aliphatic heterocycles. The van der Waals surface area contributed by atoms with Gasteiger partial charge in [-0.15, -0.1) is 0 Å². The Morgan fingerprint density at radius 1 is 1.12 bits per heavy atom. The topological polar surface area (TPSA) is 73.5 Å². The Morgan fingerprint density at radius 2 is 1.76 bits per heavy atom. The van der Waals surface area contributed by atoms with E-state index in [2.05, 4.69) is 11.1 Å². The summed E-state index contributed by atoms with van der Waals surface area (Å²) in [6.45, 7) is 6.31. The van der Waals surface area contributed by atoms with Gasteiger partial charge in [0, 0.05) is 19.3 Å². The quantitative estimate of drug-likeness (QED) is 0.742. The van der Waals surface area contributed by atoms with E-state index in [0.717, 1.165) is 11.1 Å². The molecule has 2 aromatic carbocycles. The van der Waals surface area contributed by atoms with Crippen molar-refractivity contribution in [1.29, 1.82) is 5.26 Å². The predicted molar refractivity (Wildman–Crippen MR) is 99.7 cm³/mol. The Balaban J connectivity index is 2.45. The first-order valence-corrected chi connectivity index (χ1v) is 9.51. The summed E-state index contributed by atoms with van der Waals surface area (Å²) in [6, 6.07) is 14.2. The summed E-state index contributed by atoms with van der Waals surface area (Å²) in [7, 11) is -3.59. The van der Waals surface area contributed by atoms with Crippen LogP contribution in [0.25, 0.3) is 0 Å². The average Bonchev–Trinajstić information content (AvgIpc) is 2.62. The molecule has 0 unspecified atom stereocenters. The Bertz CT molecular complexity index is 907. The van der Waals surface area contributed by atoms with Gasteiger partial charge in [0.15, 0.2) is 0 Å². The maximum Gasteiger partial charge on any atom is 0.245 e. The van der Waals surface area contributed by atoms with Crippen molar-refractivity contribution in [2.75, 3.05) is 13.1 Å². The smallest absolute Gasteiger partial charge is 0.245 e. The second-order valence-corrected chi connectivity index (χ2v) is 7.46. The molecule has 0 atom stereocenters. The molecule has 130 valence electrons. The van der Waals surface area contributed by atoms with Crippen molar-refractivity contribution in [3.05, 3.63) is 59.2 Å². The van der Waals surface area contributed by atoms with Gasteiger partial charge in [0.1, 0.15) is 4.90 Å². The van der Waals surface area contributed by atoms with Crippen LogP contribution in [-0.4, -0.2) is 32.0 Å². The van der Waals surface area contributed by atoms with E-state index in [-0.39, 0.29) is 4.90 Å². The van der Waals surface area contributed by atoms with Crippen LogP contribution in [0, 0.1) is 18.3 Å². The maximum atomic E-state index is 12.9. The highest BCUT2D eigenvalue weighted by Crippen LogP contribution is 2.28. The number of benzene rings is 2. The number of sulfonamides is 1. The minimum atomic E-state index is -3.59. The molecule has 0 aliphatic rings. The molecule has 0 saturated carbocycles. The second kappa shape index (κ2) is 8.06. The van der Waals surface area contributed by atoms with Crippen molar-refractivity contribution in [3.63, 3.8) is 0 Å². The SMILES string of the molecule is CCN(CC)S(=O)(=O)c1cc(C)ccc1N=Cc1ccc(C#N)cc1. The fourth-order valence-electron chi connectivity index (χ4n) is 2.43. The van der Waals surface area contributed by atoms with E-state index in [0.29, 0.717) is 24.3 Å². The molecule has 2 aromatic rings. The molecule has 2 rings (SSSR count). The highest BCUT2D eigenvalue weighted by molar-refractivity contribution is 7.89. The van der Waals surface area contributed by atoms with Crippen LogP contribution < -0.4 is 0 Å². The number of nitrogens with zero attached hydrogens (tertiary/aromatic N) is 3. The van der Waals surface area contributed by atoms with Gasteiger partial charge in [0.2, 0.25) is 10.0 Å². The normalized spacial score (nSPS) is 11.8. The first kappa shape index (κ1) is 18.8. The minimum absolute atomic E-state index is 0.209. The highest BCUT2D eigenvalue weighted by Gasteiger charge is 2.24. The summed E-state index contributed by atoms with van der Waals surface area (Å²) >= 11 is 0. The zero-order valence-corrected chi connectivity index (χ0v) is 15.4. The zero-order chi connectivity index (χ0) is 18.4. The molecule has 0 radical (unpaired) electrons. The second-order valence-electron chi connectivity index (χ2n) is 5.55. The van der Waals surface area contributed by atoms with Crippen molar-refractivity contribution < 1.29 is 8.42 Å². The van der Waals surface area contributed by atoms with Gasteiger partial charge in [0.05, 0.1) is 17.3 Å². The molecule has 0 N–H and O–H groups in total. The van der Waals surface area contributed by atoms with Gasteiger partial charge in [0.25, 0.3) is 0 Å². The third kappa shape index (κ3) is 4.32. The van der Waals surface area contributed by atoms with Gasteiger partial charge < -0.3 is 0 Å². The number of nitriles is 1. The first-order valence-electron chi connectivity index (χ1n) is 8.07. The van der Waals surface area contributed by atoms with Crippen LogP contribution >= 0.6 is 0 Å². The van der Waals surface area contributed by atoms with E-state index in [4.69, 9.17) is 5.26 Å². The number of hydrogen-bond donors (Lipinski definition) is 0. The molecule has 25 heavy (non-hydrogen) atoms.